The van der Waals surface area contributed by atoms with Crippen LogP contribution in [-0.4, -0.2) is 27.6 Å². The van der Waals surface area contributed by atoms with Crippen LogP contribution in [0.2, 0.25) is 0 Å². The fraction of sp³-hybridized carbons (Fsp3) is 0.538. The molecule has 1 fully saturated rings. The van der Waals surface area contributed by atoms with Crippen molar-refractivity contribution in [2.75, 3.05) is 6.61 Å². The van der Waals surface area contributed by atoms with Crippen LogP contribution >= 0.6 is 0 Å². The van der Waals surface area contributed by atoms with Crippen LogP contribution in [0.3, 0.4) is 0 Å². The Morgan fingerprint density at radius 2 is 2.28 bits per heavy atom. The summed E-state index contributed by atoms with van der Waals surface area (Å²) in [6.07, 6.45) is 3.21. The van der Waals surface area contributed by atoms with E-state index in [-0.39, 0.29) is 0 Å². The number of nitrogens with one attached hydrogen (secondary N) is 1. The summed E-state index contributed by atoms with van der Waals surface area (Å²) in [6, 6.07) is 4.16. The zero-order chi connectivity index (χ0) is 12.5. The first-order valence-electron chi connectivity index (χ1n) is 6.51. The molecule has 1 aliphatic rings. The molecule has 2 aromatic heterocycles. The third kappa shape index (κ3) is 2.06. The quantitative estimate of drug-likeness (QED) is 0.867. The van der Waals surface area contributed by atoms with Crippen molar-refractivity contribution in [1.82, 2.24) is 15.0 Å². The second-order valence-electron chi connectivity index (χ2n) is 4.85. The standard InChI is InChI=1S/C13H18N4O/c1-2-18-11-6-5-10-13(16-11)17-12(15-10)8-3-4-9(14)7-8/h5-6,8-9H,2-4,7,14H2,1H3,(H,15,16,17)/t8-,9+/m1/s1. The number of rotatable bonds is 3. The van der Waals surface area contributed by atoms with Crippen LogP contribution in [0.4, 0.5) is 0 Å². The van der Waals surface area contributed by atoms with Crippen LogP contribution in [0.1, 0.15) is 37.9 Å². The average Bonchev–Trinajstić information content (AvgIpc) is 2.94. The van der Waals surface area contributed by atoms with Gasteiger partial charge >= 0.3 is 0 Å². The predicted molar refractivity (Wildman–Crippen MR) is 69.6 cm³/mol. The van der Waals surface area contributed by atoms with E-state index in [2.05, 4.69) is 15.0 Å². The number of ether oxygens (including phenoxy) is 1. The Bertz CT molecular complexity index is 551. The summed E-state index contributed by atoms with van der Waals surface area (Å²) in [6.45, 7) is 2.56. The molecule has 0 spiro atoms. The molecule has 0 saturated heterocycles. The molecule has 3 N–H and O–H groups in total. The van der Waals surface area contributed by atoms with Crippen molar-refractivity contribution < 1.29 is 4.74 Å². The highest BCUT2D eigenvalue weighted by Gasteiger charge is 2.25. The number of fused-ring (bicyclic) bond motifs is 1. The van der Waals surface area contributed by atoms with Crippen molar-refractivity contribution in [1.29, 1.82) is 0 Å². The Hall–Kier alpha value is -1.62. The molecule has 2 heterocycles. The van der Waals surface area contributed by atoms with Crippen LogP contribution in [-0.2, 0) is 0 Å². The van der Waals surface area contributed by atoms with E-state index in [0.717, 1.165) is 36.3 Å². The highest BCUT2D eigenvalue weighted by molar-refractivity contribution is 5.71. The Kier molecular flexibility index (Phi) is 2.91. The van der Waals surface area contributed by atoms with E-state index >= 15 is 0 Å². The SMILES string of the molecule is CCOc1ccc2[nH]c([C@@H]3CC[C@H](N)C3)nc2n1. The summed E-state index contributed by atoms with van der Waals surface area (Å²) in [5, 5.41) is 0. The minimum Gasteiger partial charge on any atom is -0.478 e. The van der Waals surface area contributed by atoms with Crippen LogP contribution in [0.5, 0.6) is 5.88 Å². The predicted octanol–water partition coefficient (Wildman–Crippen LogP) is 1.95. The molecule has 5 heteroatoms. The van der Waals surface area contributed by atoms with Crippen molar-refractivity contribution in [3.8, 4) is 5.88 Å². The lowest BCUT2D eigenvalue weighted by molar-refractivity contribution is 0.328. The van der Waals surface area contributed by atoms with Crippen LogP contribution in [0, 0.1) is 0 Å². The Balaban J connectivity index is 1.90. The normalized spacial score (nSPS) is 23.7. The lowest BCUT2D eigenvalue weighted by Gasteiger charge is -2.04. The number of nitrogens with zero attached hydrogens (tertiary/aromatic N) is 2. The largest absolute Gasteiger partial charge is 0.478 e. The first kappa shape index (κ1) is 11.5. The minimum atomic E-state index is 0.315. The van der Waals surface area contributed by atoms with Gasteiger partial charge in [0.15, 0.2) is 5.65 Å². The third-order valence-corrected chi connectivity index (χ3v) is 3.49. The van der Waals surface area contributed by atoms with Gasteiger partial charge in [0.2, 0.25) is 5.88 Å². The maximum atomic E-state index is 5.94. The first-order chi connectivity index (χ1) is 8.76. The third-order valence-electron chi connectivity index (χ3n) is 3.49. The Morgan fingerprint density at radius 3 is 3.00 bits per heavy atom. The van der Waals surface area contributed by atoms with Gasteiger partial charge in [0.25, 0.3) is 0 Å². The highest BCUT2D eigenvalue weighted by Crippen LogP contribution is 2.32. The van der Waals surface area contributed by atoms with Gasteiger partial charge in [-0.15, -0.1) is 0 Å². The van der Waals surface area contributed by atoms with Crippen molar-refractivity contribution in [2.45, 2.75) is 38.1 Å². The second kappa shape index (κ2) is 4.57. The van der Waals surface area contributed by atoms with Gasteiger partial charge in [-0.1, -0.05) is 0 Å². The van der Waals surface area contributed by atoms with E-state index < -0.39 is 0 Å². The van der Waals surface area contributed by atoms with Gasteiger partial charge in [-0.2, -0.15) is 4.98 Å². The number of hydrogen-bond donors (Lipinski definition) is 2. The molecule has 2 atom stereocenters. The molecule has 1 saturated carbocycles. The van der Waals surface area contributed by atoms with Gasteiger partial charge in [0.1, 0.15) is 5.82 Å². The van der Waals surface area contributed by atoms with Crippen LogP contribution in [0.25, 0.3) is 11.2 Å². The fourth-order valence-corrected chi connectivity index (χ4v) is 2.58. The molecule has 5 nitrogen and oxygen atoms in total. The molecule has 1 aliphatic carbocycles. The zero-order valence-electron chi connectivity index (χ0n) is 10.5. The molecule has 3 rings (SSSR count). The van der Waals surface area contributed by atoms with Crippen molar-refractivity contribution in [2.24, 2.45) is 5.73 Å². The topological polar surface area (TPSA) is 76.8 Å². The molecule has 0 aromatic carbocycles. The lowest BCUT2D eigenvalue weighted by Crippen LogP contribution is -2.14. The summed E-state index contributed by atoms with van der Waals surface area (Å²) >= 11 is 0. The molecular weight excluding hydrogens is 228 g/mol. The van der Waals surface area contributed by atoms with E-state index in [0.29, 0.717) is 24.4 Å². The van der Waals surface area contributed by atoms with Crippen molar-refractivity contribution in [3.63, 3.8) is 0 Å². The monoisotopic (exact) mass is 246 g/mol. The van der Waals surface area contributed by atoms with E-state index in [1.54, 1.807) is 0 Å². The molecule has 96 valence electrons. The molecule has 0 unspecified atom stereocenters. The van der Waals surface area contributed by atoms with Gasteiger partial charge in [-0.25, -0.2) is 4.98 Å². The number of hydrogen-bond acceptors (Lipinski definition) is 4. The van der Waals surface area contributed by atoms with Gasteiger partial charge in [-0.05, 0) is 32.3 Å². The molecule has 18 heavy (non-hydrogen) atoms. The number of nitrogens with two attached hydrogens (primary N) is 1. The molecule has 0 amide bonds. The highest BCUT2D eigenvalue weighted by atomic mass is 16.5. The lowest BCUT2D eigenvalue weighted by atomic mass is 10.1. The van der Waals surface area contributed by atoms with E-state index in [9.17, 15) is 0 Å². The maximum Gasteiger partial charge on any atom is 0.215 e. The molecular formula is C13H18N4O. The Morgan fingerprint density at radius 1 is 1.39 bits per heavy atom. The second-order valence-corrected chi connectivity index (χ2v) is 4.85. The summed E-state index contributed by atoms with van der Waals surface area (Å²) < 4.78 is 5.38. The van der Waals surface area contributed by atoms with Gasteiger partial charge in [0.05, 0.1) is 12.1 Å². The van der Waals surface area contributed by atoms with Crippen molar-refractivity contribution >= 4 is 11.2 Å². The minimum absolute atomic E-state index is 0.315. The summed E-state index contributed by atoms with van der Waals surface area (Å²) in [5.41, 5.74) is 7.64. The van der Waals surface area contributed by atoms with E-state index in [1.165, 1.54) is 0 Å². The number of aromatic amines is 1. The zero-order valence-corrected chi connectivity index (χ0v) is 10.5. The number of imidazole rings is 1. The number of aromatic nitrogens is 3. The Labute approximate surface area is 106 Å². The number of H-pyrrole nitrogens is 1. The molecule has 0 radical (unpaired) electrons. The van der Waals surface area contributed by atoms with E-state index in [4.69, 9.17) is 10.5 Å². The van der Waals surface area contributed by atoms with E-state index in [1.807, 2.05) is 19.1 Å². The number of pyridine rings is 1. The smallest absolute Gasteiger partial charge is 0.215 e. The molecule has 2 aromatic rings. The first-order valence-corrected chi connectivity index (χ1v) is 6.51. The van der Waals surface area contributed by atoms with Gasteiger partial charge < -0.3 is 15.5 Å². The molecule has 0 aliphatic heterocycles. The maximum absolute atomic E-state index is 5.94. The van der Waals surface area contributed by atoms with Crippen LogP contribution in [0.15, 0.2) is 12.1 Å². The van der Waals surface area contributed by atoms with Crippen molar-refractivity contribution in [3.05, 3.63) is 18.0 Å². The summed E-state index contributed by atoms with van der Waals surface area (Å²) in [4.78, 5) is 12.3. The summed E-state index contributed by atoms with van der Waals surface area (Å²) in [7, 11) is 0. The average molecular weight is 246 g/mol. The van der Waals surface area contributed by atoms with Crippen LogP contribution < -0.4 is 10.5 Å². The molecule has 0 bridgehead atoms. The van der Waals surface area contributed by atoms with Gasteiger partial charge in [-0.3, -0.25) is 0 Å². The summed E-state index contributed by atoms with van der Waals surface area (Å²) in [5.74, 6) is 2.09. The fourth-order valence-electron chi connectivity index (χ4n) is 2.58. The van der Waals surface area contributed by atoms with Gasteiger partial charge in [0, 0.05) is 18.0 Å².